The van der Waals surface area contributed by atoms with E-state index in [1.54, 1.807) is 0 Å². The van der Waals surface area contributed by atoms with E-state index in [4.69, 9.17) is 0 Å². The molecule has 1 aromatic carbocycles. The van der Waals surface area contributed by atoms with E-state index in [0.29, 0.717) is 0 Å². The van der Waals surface area contributed by atoms with E-state index in [1.165, 1.54) is 62.9 Å². The highest BCUT2D eigenvalue weighted by atomic mass is 15.2. The summed E-state index contributed by atoms with van der Waals surface area (Å²) in [6, 6.07) is 10.5. The van der Waals surface area contributed by atoms with Crippen molar-refractivity contribution in [3.63, 3.8) is 0 Å². The molecule has 102 valence electrons. The lowest BCUT2D eigenvalue weighted by Crippen LogP contribution is -2.40. The Hall–Kier alpha value is -1.02. The smallest absolute Gasteiger partial charge is 0.0400 e. The number of hydrogen-bond acceptors (Lipinski definition) is 2. The number of rotatable bonds is 2. The first kappa shape index (κ1) is 11.8. The molecule has 2 aliphatic heterocycles. The van der Waals surface area contributed by atoms with E-state index in [0.717, 1.165) is 18.0 Å². The minimum atomic E-state index is 0.722. The molecule has 0 bridgehead atoms. The van der Waals surface area contributed by atoms with Crippen LogP contribution in [0, 0.1) is 5.92 Å². The van der Waals surface area contributed by atoms with Crippen molar-refractivity contribution in [1.82, 2.24) is 5.32 Å². The molecular weight excluding hydrogens is 232 g/mol. The van der Waals surface area contributed by atoms with E-state index < -0.39 is 0 Å². The minimum Gasteiger partial charge on any atom is -0.369 e. The van der Waals surface area contributed by atoms with Gasteiger partial charge in [-0.3, -0.25) is 0 Å². The highest BCUT2D eigenvalue weighted by Crippen LogP contribution is 2.35. The van der Waals surface area contributed by atoms with Gasteiger partial charge in [-0.25, -0.2) is 0 Å². The van der Waals surface area contributed by atoms with Gasteiger partial charge < -0.3 is 10.2 Å². The topological polar surface area (TPSA) is 15.3 Å². The number of benzene rings is 1. The fourth-order valence-corrected chi connectivity index (χ4v) is 4.43. The van der Waals surface area contributed by atoms with Crippen LogP contribution in [0.3, 0.4) is 0 Å². The molecule has 0 amide bonds. The fraction of sp³-hybridized carbons (Fsp3) is 0.647. The summed E-state index contributed by atoms with van der Waals surface area (Å²) < 4.78 is 0. The summed E-state index contributed by atoms with van der Waals surface area (Å²) in [5, 5.41) is 3.91. The molecule has 2 heteroatoms. The third-order valence-electron chi connectivity index (χ3n) is 5.37. The second-order valence-corrected chi connectivity index (χ2v) is 6.58. The maximum absolute atomic E-state index is 3.91. The summed E-state index contributed by atoms with van der Waals surface area (Å²) in [4.78, 5) is 2.60. The Labute approximate surface area is 116 Å². The first-order valence-electron chi connectivity index (χ1n) is 7.99. The molecule has 2 heterocycles. The average Bonchev–Trinajstić information content (AvgIpc) is 3.03. The molecule has 0 radical (unpaired) electrons. The lowest BCUT2D eigenvalue weighted by atomic mass is 9.85. The van der Waals surface area contributed by atoms with Gasteiger partial charge in [-0.05, 0) is 43.2 Å². The number of anilines is 1. The monoisotopic (exact) mass is 256 g/mol. The van der Waals surface area contributed by atoms with Gasteiger partial charge in [-0.2, -0.15) is 0 Å². The molecule has 0 aromatic heterocycles. The second kappa shape index (κ2) is 4.82. The lowest BCUT2D eigenvalue weighted by molar-refractivity contribution is 0.325. The normalized spacial score (nSPS) is 33.3. The Morgan fingerprint density at radius 3 is 3.00 bits per heavy atom. The SMILES string of the molecule is c1ccc2c(c1)CCN2CC1CC2CCCCC2N1. The second-order valence-electron chi connectivity index (χ2n) is 6.58. The molecule has 1 saturated carbocycles. The summed E-state index contributed by atoms with van der Waals surface area (Å²) in [6.07, 6.45) is 8.41. The van der Waals surface area contributed by atoms with Crippen molar-refractivity contribution in [2.75, 3.05) is 18.0 Å². The molecule has 3 aliphatic rings. The van der Waals surface area contributed by atoms with Gasteiger partial charge in [0, 0.05) is 30.9 Å². The van der Waals surface area contributed by atoms with Crippen LogP contribution in [0.4, 0.5) is 5.69 Å². The maximum atomic E-state index is 3.91. The molecule has 3 atom stereocenters. The molecule has 4 rings (SSSR count). The van der Waals surface area contributed by atoms with E-state index in [2.05, 4.69) is 34.5 Å². The van der Waals surface area contributed by atoms with Gasteiger partial charge in [0.15, 0.2) is 0 Å². The van der Waals surface area contributed by atoms with Gasteiger partial charge >= 0.3 is 0 Å². The first-order chi connectivity index (χ1) is 9.40. The van der Waals surface area contributed by atoms with E-state index in [-0.39, 0.29) is 0 Å². The Kier molecular flexibility index (Phi) is 2.99. The summed E-state index contributed by atoms with van der Waals surface area (Å²) in [6.45, 7) is 2.43. The summed E-state index contributed by atoms with van der Waals surface area (Å²) >= 11 is 0. The van der Waals surface area contributed by atoms with Gasteiger partial charge in [-0.1, -0.05) is 31.0 Å². The van der Waals surface area contributed by atoms with Crippen molar-refractivity contribution < 1.29 is 0 Å². The summed E-state index contributed by atoms with van der Waals surface area (Å²) in [7, 11) is 0. The van der Waals surface area contributed by atoms with Gasteiger partial charge in [0.1, 0.15) is 0 Å². The number of nitrogens with one attached hydrogen (secondary N) is 1. The predicted molar refractivity (Wildman–Crippen MR) is 79.6 cm³/mol. The minimum absolute atomic E-state index is 0.722. The largest absolute Gasteiger partial charge is 0.369 e. The lowest BCUT2D eigenvalue weighted by Gasteiger charge is -2.25. The quantitative estimate of drug-likeness (QED) is 0.875. The molecule has 0 spiro atoms. The van der Waals surface area contributed by atoms with Crippen molar-refractivity contribution in [3.8, 4) is 0 Å². The molecular formula is C17H24N2. The van der Waals surface area contributed by atoms with E-state index in [1.807, 2.05) is 0 Å². The summed E-state index contributed by atoms with van der Waals surface area (Å²) in [5.74, 6) is 0.969. The van der Waals surface area contributed by atoms with Crippen molar-refractivity contribution in [2.24, 2.45) is 5.92 Å². The van der Waals surface area contributed by atoms with Crippen LogP contribution in [0.15, 0.2) is 24.3 Å². The van der Waals surface area contributed by atoms with Crippen molar-refractivity contribution in [1.29, 1.82) is 0 Å². The Bertz CT molecular complexity index is 442. The Morgan fingerprint density at radius 1 is 1.16 bits per heavy atom. The van der Waals surface area contributed by atoms with Crippen LogP contribution in [-0.2, 0) is 6.42 Å². The zero-order chi connectivity index (χ0) is 12.7. The molecule has 1 aliphatic carbocycles. The highest BCUT2D eigenvalue weighted by molar-refractivity contribution is 5.57. The number of hydrogen-bond donors (Lipinski definition) is 1. The molecule has 3 unspecified atom stereocenters. The van der Waals surface area contributed by atoms with Crippen LogP contribution in [0.2, 0.25) is 0 Å². The molecule has 19 heavy (non-hydrogen) atoms. The van der Waals surface area contributed by atoms with Crippen LogP contribution in [0.5, 0.6) is 0 Å². The fourth-order valence-electron chi connectivity index (χ4n) is 4.43. The molecule has 2 fully saturated rings. The summed E-state index contributed by atoms with van der Waals surface area (Å²) in [5.41, 5.74) is 3.03. The Balaban J connectivity index is 1.43. The Morgan fingerprint density at radius 2 is 2.05 bits per heavy atom. The number of nitrogens with zero attached hydrogens (tertiary/aromatic N) is 1. The standard InChI is InChI=1S/C17H24N2/c1-3-7-16-14(6-1)11-15(18-16)12-19-10-9-13-5-2-4-8-17(13)19/h2,4-5,8,14-16,18H,1,3,6-7,9-12H2. The van der Waals surface area contributed by atoms with E-state index in [9.17, 15) is 0 Å². The van der Waals surface area contributed by atoms with E-state index >= 15 is 0 Å². The zero-order valence-corrected chi connectivity index (χ0v) is 11.6. The van der Waals surface area contributed by atoms with Crippen molar-refractivity contribution in [2.45, 2.75) is 50.6 Å². The number of para-hydroxylation sites is 1. The van der Waals surface area contributed by atoms with Crippen LogP contribution in [0.25, 0.3) is 0 Å². The van der Waals surface area contributed by atoms with Gasteiger partial charge in [0.05, 0.1) is 0 Å². The number of fused-ring (bicyclic) bond motifs is 2. The third kappa shape index (κ3) is 2.16. The molecule has 1 N–H and O–H groups in total. The predicted octanol–water partition coefficient (Wildman–Crippen LogP) is 2.97. The van der Waals surface area contributed by atoms with Gasteiger partial charge in [0.2, 0.25) is 0 Å². The molecule has 1 saturated heterocycles. The van der Waals surface area contributed by atoms with Crippen LogP contribution in [0.1, 0.15) is 37.7 Å². The average molecular weight is 256 g/mol. The van der Waals surface area contributed by atoms with Crippen LogP contribution in [-0.4, -0.2) is 25.2 Å². The molecule has 2 nitrogen and oxygen atoms in total. The molecule has 1 aromatic rings. The maximum Gasteiger partial charge on any atom is 0.0400 e. The van der Waals surface area contributed by atoms with Crippen molar-refractivity contribution in [3.05, 3.63) is 29.8 Å². The van der Waals surface area contributed by atoms with Gasteiger partial charge in [-0.15, -0.1) is 0 Å². The highest BCUT2D eigenvalue weighted by Gasteiger charge is 2.36. The van der Waals surface area contributed by atoms with Crippen molar-refractivity contribution >= 4 is 5.69 Å². The first-order valence-corrected chi connectivity index (χ1v) is 7.99. The van der Waals surface area contributed by atoms with Crippen LogP contribution < -0.4 is 10.2 Å². The van der Waals surface area contributed by atoms with Crippen LogP contribution >= 0.6 is 0 Å². The zero-order valence-electron chi connectivity index (χ0n) is 11.6. The van der Waals surface area contributed by atoms with Gasteiger partial charge in [0.25, 0.3) is 0 Å². The third-order valence-corrected chi connectivity index (χ3v) is 5.37.